The first-order chi connectivity index (χ1) is 12.2. The zero-order chi connectivity index (χ0) is 19.5. The molecule has 2 aromatic rings. The van der Waals surface area contributed by atoms with Crippen LogP contribution in [0, 0.1) is 13.8 Å². The van der Waals surface area contributed by atoms with Crippen LogP contribution in [0.5, 0.6) is 0 Å². The third-order valence-electron chi connectivity index (χ3n) is 4.29. The van der Waals surface area contributed by atoms with Crippen LogP contribution in [-0.4, -0.2) is 32.1 Å². The number of carbonyl (C=O) groups excluding carboxylic acids is 1. The molecular weight excluding hydrogens is 376 g/mol. The van der Waals surface area contributed by atoms with Gasteiger partial charge in [-0.2, -0.15) is 0 Å². The first-order valence-electron chi connectivity index (χ1n) is 8.26. The van der Waals surface area contributed by atoms with E-state index >= 15 is 0 Å². The highest BCUT2D eigenvalue weighted by atomic mass is 35.5. The number of ether oxygens (including phenoxy) is 1. The molecule has 0 bridgehead atoms. The fourth-order valence-electron chi connectivity index (χ4n) is 2.74. The van der Waals surface area contributed by atoms with Crippen molar-refractivity contribution in [2.24, 2.45) is 7.05 Å². The Morgan fingerprint density at radius 3 is 2.38 bits per heavy atom. The third-order valence-corrected chi connectivity index (χ3v) is 6.16. The number of carbonyl (C=O) groups is 1. The molecule has 2 rings (SSSR count). The minimum absolute atomic E-state index is 0.0212. The fraction of sp³-hybridized carbons (Fsp3) is 0.389. The maximum atomic E-state index is 12.8. The summed E-state index contributed by atoms with van der Waals surface area (Å²) >= 11 is 5.85. The molecular formula is C18H23ClN2O4S. The number of nitrogens with one attached hydrogen (secondary N) is 1. The molecule has 0 amide bonds. The highest BCUT2D eigenvalue weighted by Gasteiger charge is 2.31. The smallest absolute Gasteiger partial charge is 0.341 e. The average Bonchev–Trinajstić information content (AvgIpc) is 2.81. The van der Waals surface area contributed by atoms with Crippen LogP contribution < -0.4 is 4.72 Å². The van der Waals surface area contributed by atoms with Crippen LogP contribution in [0.25, 0.3) is 0 Å². The molecule has 6 nitrogen and oxygen atoms in total. The maximum absolute atomic E-state index is 12.8. The van der Waals surface area contributed by atoms with E-state index in [1.165, 1.54) is 0 Å². The Balaban J connectivity index is 2.26. The van der Waals surface area contributed by atoms with Crippen LogP contribution in [0.1, 0.15) is 34.2 Å². The van der Waals surface area contributed by atoms with Gasteiger partial charge in [0.15, 0.2) is 0 Å². The van der Waals surface area contributed by atoms with E-state index in [0.29, 0.717) is 22.8 Å². The summed E-state index contributed by atoms with van der Waals surface area (Å²) in [5, 5.41) is 0.629. The lowest BCUT2D eigenvalue weighted by Gasteiger charge is -2.09. The number of esters is 1. The van der Waals surface area contributed by atoms with Crippen LogP contribution in [0.2, 0.25) is 5.02 Å². The van der Waals surface area contributed by atoms with Gasteiger partial charge in [0, 0.05) is 30.0 Å². The first kappa shape index (κ1) is 20.5. The monoisotopic (exact) mass is 398 g/mol. The summed E-state index contributed by atoms with van der Waals surface area (Å²) in [6.45, 7) is 5.44. The number of benzene rings is 1. The molecule has 0 saturated carbocycles. The van der Waals surface area contributed by atoms with Crippen molar-refractivity contribution in [1.82, 2.24) is 9.29 Å². The first-order valence-corrected chi connectivity index (χ1v) is 10.1. The number of aromatic nitrogens is 1. The summed E-state index contributed by atoms with van der Waals surface area (Å²) in [5.74, 6) is -0.633. The molecule has 26 heavy (non-hydrogen) atoms. The topological polar surface area (TPSA) is 77.4 Å². The Bertz CT molecular complexity index is 902. The molecule has 0 atom stereocenters. The predicted octanol–water partition coefficient (Wildman–Crippen LogP) is 2.99. The van der Waals surface area contributed by atoms with Crippen molar-refractivity contribution < 1.29 is 17.9 Å². The summed E-state index contributed by atoms with van der Waals surface area (Å²) in [5.41, 5.74) is 2.10. The second kappa shape index (κ2) is 8.24. The summed E-state index contributed by atoms with van der Waals surface area (Å²) in [7, 11) is -2.14. The van der Waals surface area contributed by atoms with Gasteiger partial charge in [-0.05, 0) is 44.9 Å². The number of rotatable bonds is 7. The second-order valence-electron chi connectivity index (χ2n) is 5.93. The molecule has 0 aliphatic carbocycles. The van der Waals surface area contributed by atoms with Gasteiger partial charge < -0.3 is 9.30 Å². The molecule has 1 aromatic carbocycles. The Labute approximate surface area is 159 Å². The van der Waals surface area contributed by atoms with Crippen molar-refractivity contribution in [1.29, 1.82) is 0 Å². The highest BCUT2D eigenvalue weighted by Crippen LogP contribution is 2.26. The molecule has 0 unspecified atom stereocenters. The van der Waals surface area contributed by atoms with Crippen molar-refractivity contribution in [3.8, 4) is 0 Å². The van der Waals surface area contributed by atoms with E-state index in [2.05, 4.69) is 4.72 Å². The van der Waals surface area contributed by atoms with E-state index in [9.17, 15) is 13.2 Å². The molecule has 0 saturated heterocycles. The van der Waals surface area contributed by atoms with Crippen molar-refractivity contribution in [3.63, 3.8) is 0 Å². The minimum Gasteiger partial charge on any atom is -0.462 e. The van der Waals surface area contributed by atoms with Crippen molar-refractivity contribution in [2.45, 2.75) is 32.1 Å². The van der Waals surface area contributed by atoms with Gasteiger partial charge in [-0.3, -0.25) is 0 Å². The third kappa shape index (κ3) is 4.28. The fourth-order valence-corrected chi connectivity index (χ4v) is 4.41. The number of hydrogen-bond acceptors (Lipinski definition) is 4. The zero-order valence-corrected chi connectivity index (χ0v) is 16.9. The number of halogens is 1. The summed E-state index contributed by atoms with van der Waals surface area (Å²) in [6.07, 6.45) is 0.510. The van der Waals surface area contributed by atoms with E-state index in [4.69, 9.17) is 16.3 Å². The van der Waals surface area contributed by atoms with E-state index in [-0.39, 0.29) is 23.6 Å². The van der Waals surface area contributed by atoms with Crippen LogP contribution in [0.3, 0.4) is 0 Å². The summed E-state index contributed by atoms with van der Waals surface area (Å²) in [6, 6.07) is 7.21. The van der Waals surface area contributed by atoms with Crippen LogP contribution >= 0.6 is 11.6 Å². The SMILES string of the molecule is CCOC(=O)c1c(S(=O)(=O)NCCc2ccc(Cl)cc2)c(C)n(C)c1C. The van der Waals surface area contributed by atoms with Gasteiger partial charge >= 0.3 is 5.97 Å². The van der Waals surface area contributed by atoms with Gasteiger partial charge in [0.25, 0.3) is 0 Å². The average molecular weight is 399 g/mol. The van der Waals surface area contributed by atoms with E-state index in [1.807, 2.05) is 12.1 Å². The molecule has 1 N–H and O–H groups in total. The molecule has 8 heteroatoms. The second-order valence-corrected chi connectivity index (χ2v) is 8.07. The van der Waals surface area contributed by atoms with E-state index in [1.54, 1.807) is 44.5 Å². The molecule has 0 radical (unpaired) electrons. The number of nitrogens with zero attached hydrogens (tertiary/aromatic N) is 1. The predicted molar refractivity (Wildman–Crippen MR) is 101 cm³/mol. The lowest BCUT2D eigenvalue weighted by molar-refractivity contribution is 0.0521. The van der Waals surface area contributed by atoms with E-state index in [0.717, 1.165) is 5.56 Å². The number of sulfonamides is 1. The molecule has 1 heterocycles. The Morgan fingerprint density at radius 1 is 1.19 bits per heavy atom. The Morgan fingerprint density at radius 2 is 1.81 bits per heavy atom. The molecule has 1 aromatic heterocycles. The lowest BCUT2D eigenvalue weighted by Crippen LogP contribution is -2.28. The van der Waals surface area contributed by atoms with E-state index < -0.39 is 16.0 Å². The molecule has 0 spiro atoms. The molecule has 0 fully saturated rings. The Kier molecular flexibility index (Phi) is 6.49. The number of hydrogen-bond donors (Lipinski definition) is 1. The minimum atomic E-state index is -3.86. The van der Waals surface area contributed by atoms with Gasteiger partial charge in [0.05, 0.1) is 6.61 Å². The molecule has 142 valence electrons. The van der Waals surface area contributed by atoms with Crippen LogP contribution in [0.4, 0.5) is 0 Å². The normalized spacial score (nSPS) is 11.6. The summed E-state index contributed by atoms with van der Waals surface area (Å²) < 4.78 is 35.0. The van der Waals surface area contributed by atoms with Crippen LogP contribution in [-0.2, 0) is 28.2 Å². The molecule has 0 aliphatic rings. The van der Waals surface area contributed by atoms with Gasteiger partial charge in [-0.1, -0.05) is 23.7 Å². The van der Waals surface area contributed by atoms with Crippen molar-refractivity contribution >= 4 is 27.6 Å². The zero-order valence-electron chi connectivity index (χ0n) is 15.3. The van der Waals surface area contributed by atoms with Crippen molar-refractivity contribution in [2.75, 3.05) is 13.2 Å². The lowest BCUT2D eigenvalue weighted by atomic mass is 10.2. The van der Waals surface area contributed by atoms with Gasteiger partial charge in [-0.25, -0.2) is 17.9 Å². The highest BCUT2D eigenvalue weighted by molar-refractivity contribution is 7.89. The molecule has 0 aliphatic heterocycles. The largest absolute Gasteiger partial charge is 0.462 e. The quantitative estimate of drug-likeness (QED) is 0.727. The summed E-state index contributed by atoms with van der Waals surface area (Å²) in [4.78, 5) is 12.3. The van der Waals surface area contributed by atoms with Gasteiger partial charge in [-0.15, -0.1) is 0 Å². The van der Waals surface area contributed by atoms with Crippen molar-refractivity contribution in [3.05, 3.63) is 51.8 Å². The Hall–Kier alpha value is -1.83. The van der Waals surface area contributed by atoms with Gasteiger partial charge in [0.1, 0.15) is 10.5 Å². The maximum Gasteiger partial charge on any atom is 0.341 e. The van der Waals surface area contributed by atoms with Crippen LogP contribution in [0.15, 0.2) is 29.2 Å². The standard InChI is InChI=1S/C18H23ClN2O4S/c1-5-25-18(22)16-12(2)21(4)13(3)17(16)26(23,24)20-11-10-14-6-8-15(19)9-7-14/h6-9,20H,5,10-11H2,1-4H3. The van der Waals surface area contributed by atoms with Gasteiger partial charge in [0.2, 0.25) is 10.0 Å².